The van der Waals surface area contributed by atoms with Gasteiger partial charge in [-0.1, -0.05) is 28.1 Å². The van der Waals surface area contributed by atoms with Crippen molar-refractivity contribution in [2.24, 2.45) is 0 Å². The van der Waals surface area contributed by atoms with E-state index in [2.05, 4.69) is 15.9 Å². The van der Waals surface area contributed by atoms with Crippen LogP contribution in [0.15, 0.2) is 51.8 Å². The molecule has 2 amide bonds. The molecular formula is C20H17BrN2O6S. The summed E-state index contributed by atoms with van der Waals surface area (Å²) >= 11 is 4.25. The minimum atomic E-state index is -0.464. The first-order valence-electron chi connectivity index (χ1n) is 8.79. The van der Waals surface area contributed by atoms with Gasteiger partial charge in [0.1, 0.15) is 12.4 Å². The summed E-state index contributed by atoms with van der Waals surface area (Å²) in [6.07, 6.45) is 1.60. The summed E-state index contributed by atoms with van der Waals surface area (Å²) in [5.41, 5.74) is 1.22. The number of carbonyl (C=O) groups is 2. The summed E-state index contributed by atoms with van der Waals surface area (Å²) in [5, 5.41) is 10.6. The van der Waals surface area contributed by atoms with Crippen molar-refractivity contribution in [2.75, 3.05) is 20.3 Å². The van der Waals surface area contributed by atoms with E-state index in [1.54, 1.807) is 36.4 Å². The normalized spacial score (nSPS) is 15.1. The number of amides is 2. The van der Waals surface area contributed by atoms with Crippen LogP contribution in [0.3, 0.4) is 0 Å². The molecule has 2 aromatic carbocycles. The topological polar surface area (TPSA) is 99.0 Å². The fourth-order valence-electron chi connectivity index (χ4n) is 2.70. The van der Waals surface area contributed by atoms with Crippen LogP contribution in [0, 0.1) is 10.1 Å². The second-order valence-electron chi connectivity index (χ2n) is 6.22. The quantitative estimate of drug-likeness (QED) is 0.301. The minimum Gasteiger partial charge on any atom is -0.488 e. The lowest BCUT2D eigenvalue weighted by atomic mass is 10.1. The van der Waals surface area contributed by atoms with Crippen LogP contribution < -0.4 is 4.74 Å². The largest absolute Gasteiger partial charge is 0.488 e. The molecule has 8 nitrogen and oxygen atoms in total. The average molecular weight is 493 g/mol. The molecule has 30 heavy (non-hydrogen) atoms. The molecule has 0 saturated carbocycles. The molecule has 3 rings (SSSR count). The first kappa shape index (κ1) is 22.0. The number of rotatable bonds is 8. The Kier molecular flexibility index (Phi) is 7.24. The molecule has 2 aromatic rings. The van der Waals surface area contributed by atoms with Crippen molar-refractivity contribution in [1.82, 2.24) is 4.90 Å². The van der Waals surface area contributed by atoms with Gasteiger partial charge in [0, 0.05) is 29.3 Å². The molecule has 0 N–H and O–H groups in total. The van der Waals surface area contributed by atoms with E-state index in [-0.39, 0.29) is 41.5 Å². The highest BCUT2D eigenvalue weighted by Gasteiger charge is 2.34. The molecule has 0 aromatic heterocycles. The van der Waals surface area contributed by atoms with Gasteiger partial charge in [0.25, 0.3) is 16.8 Å². The summed E-state index contributed by atoms with van der Waals surface area (Å²) in [7, 11) is 1.50. The van der Waals surface area contributed by atoms with Crippen molar-refractivity contribution >= 4 is 50.6 Å². The van der Waals surface area contributed by atoms with Crippen LogP contribution in [-0.4, -0.2) is 41.2 Å². The molecule has 1 fully saturated rings. The zero-order chi connectivity index (χ0) is 21.7. The molecule has 1 heterocycles. The summed E-state index contributed by atoms with van der Waals surface area (Å²) in [4.78, 5) is 36.6. The third-order valence-electron chi connectivity index (χ3n) is 4.17. The molecule has 0 unspecified atom stereocenters. The Morgan fingerprint density at radius 1 is 1.23 bits per heavy atom. The zero-order valence-corrected chi connectivity index (χ0v) is 18.3. The Bertz CT molecular complexity index is 1030. The lowest BCUT2D eigenvalue weighted by Gasteiger charge is -2.11. The van der Waals surface area contributed by atoms with Gasteiger partial charge in [-0.05, 0) is 41.6 Å². The number of nitro benzene ring substituents is 1. The number of hydrogen-bond acceptors (Lipinski definition) is 7. The third kappa shape index (κ3) is 5.26. The molecule has 1 aliphatic rings. The maximum Gasteiger partial charge on any atom is 0.293 e. The second-order valence-corrected chi connectivity index (χ2v) is 8.13. The molecule has 0 radical (unpaired) electrons. The molecule has 0 atom stereocenters. The van der Waals surface area contributed by atoms with Gasteiger partial charge in [-0.2, -0.15) is 0 Å². The van der Waals surface area contributed by atoms with Crippen LogP contribution in [0.1, 0.15) is 11.1 Å². The highest BCUT2D eigenvalue weighted by molar-refractivity contribution is 9.10. The molecule has 1 aliphatic heterocycles. The van der Waals surface area contributed by atoms with Gasteiger partial charge in [0.2, 0.25) is 0 Å². The number of nitro groups is 1. The number of ether oxygens (including phenoxy) is 2. The van der Waals surface area contributed by atoms with Gasteiger partial charge in [0.15, 0.2) is 0 Å². The van der Waals surface area contributed by atoms with Crippen molar-refractivity contribution < 1.29 is 24.0 Å². The van der Waals surface area contributed by atoms with Gasteiger partial charge in [-0.3, -0.25) is 24.6 Å². The van der Waals surface area contributed by atoms with Crippen LogP contribution in [0.25, 0.3) is 6.08 Å². The SMILES string of the molecule is COCCN1C(=O)S/C(=C/c2cc(Br)ccc2OCc2cccc([N+](=O)[O-])c2)C1=O. The van der Waals surface area contributed by atoms with Gasteiger partial charge in [-0.15, -0.1) is 0 Å². The Labute approximate surface area is 185 Å². The van der Waals surface area contributed by atoms with Crippen molar-refractivity contribution in [2.45, 2.75) is 6.61 Å². The zero-order valence-electron chi connectivity index (χ0n) is 15.9. The molecule has 1 saturated heterocycles. The number of nitrogens with zero attached hydrogens (tertiary/aromatic N) is 2. The lowest BCUT2D eigenvalue weighted by molar-refractivity contribution is -0.384. The highest BCUT2D eigenvalue weighted by atomic mass is 79.9. The molecule has 0 spiro atoms. The van der Waals surface area contributed by atoms with Gasteiger partial charge < -0.3 is 9.47 Å². The van der Waals surface area contributed by atoms with E-state index in [0.29, 0.717) is 16.9 Å². The van der Waals surface area contributed by atoms with Gasteiger partial charge in [0.05, 0.1) is 23.0 Å². The van der Waals surface area contributed by atoms with Crippen molar-refractivity contribution in [3.05, 3.63) is 73.1 Å². The predicted molar refractivity (Wildman–Crippen MR) is 116 cm³/mol. The van der Waals surface area contributed by atoms with Crippen molar-refractivity contribution in [3.63, 3.8) is 0 Å². The highest BCUT2D eigenvalue weighted by Crippen LogP contribution is 2.35. The smallest absolute Gasteiger partial charge is 0.293 e. The van der Waals surface area contributed by atoms with Crippen LogP contribution in [0.4, 0.5) is 10.5 Å². The van der Waals surface area contributed by atoms with E-state index in [0.717, 1.165) is 21.1 Å². The fraction of sp³-hybridized carbons (Fsp3) is 0.200. The van der Waals surface area contributed by atoms with Gasteiger partial charge >= 0.3 is 0 Å². The Hall–Kier alpha value is -2.69. The summed E-state index contributed by atoms with van der Waals surface area (Å²) in [6.45, 7) is 0.562. The summed E-state index contributed by atoms with van der Waals surface area (Å²) in [6, 6.07) is 11.5. The monoisotopic (exact) mass is 492 g/mol. The molecule has 0 aliphatic carbocycles. The minimum absolute atomic E-state index is 0.0168. The number of imide groups is 1. The summed E-state index contributed by atoms with van der Waals surface area (Å²) in [5.74, 6) is 0.0973. The van der Waals surface area contributed by atoms with Crippen LogP contribution in [-0.2, 0) is 16.1 Å². The van der Waals surface area contributed by atoms with E-state index >= 15 is 0 Å². The van der Waals surface area contributed by atoms with E-state index in [1.165, 1.54) is 19.2 Å². The number of methoxy groups -OCH3 is 1. The number of non-ortho nitro benzene ring substituents is 1. The van der Waals surface area contributed by atoms with Gasteiger partial charge in [-0.25, -0.2) is 0 Å². The first-order chi connectivity index (χ1) is 14.4. The summed E-state index contributed by atoms with van der Waals surface area (Å²) < 4.78 is 11.6. The lowest BCUT2D eigenvalue weighted by Crippen LogP contribution is -2.31. The molecule has 0 bridgehead atoms. The third-order valence-corrected chi connectivity index (χ3v) is 5.57. The number of carbonyl (C=O) groups excluding carboxylic acids is 2. The van der Waals surface area contributed by atoms with E-state index in [4.69, 9.17) is 9.47 Å². The number of halogens is 1. The maximum atomic E-state index is 12.5. The second kappa shape index (κ2) is 9.88. The van der Waals surface area contributed by atoms with E-state index < -0.39 is 4.92 Å². The average Bonchev–Trinajstić information content (AvgIpc) is 2.98. The van der Waals surface area contributed by atoms with Crippen LogP contribution >= 0.6 is 27.7 Å². The van der Waals surface area contributed by atoms with E-state index in [9.17, 15) is 19.7 Å². The fourth-order valence-corrected chi connectivity index (χ4v) is 3.94. The molecular weight excluding hydrogens is 476 g/mol. The Morgan fingerprint density at radius 3 is 2.77 bits per heavy atom. The predicted octanol–water partition coefficient (Wildman–Crippen LogP) is 4.62. The molecule has 10 heteroatoms. The number of thioether (sulfide) groups is 1. The number of benzene rings is 2. The van der Waals surface area contributed by atoms with Crippen molar-refractivity contribution in [1.29, 1.82) is 0 Å². The maximum absolute atomic E-state index is 12.5. The van der Waals surface area contributed by atoms with E-state index in [1.807, 2.05) is 0 Å². The molecule has 156 valence electrons. The van der Waals surface area contributed by atoms with Crippen molar-refractivity contribution in [3.8, 4) is 5.75 Å². The Balaban J connectivity index is 1.81. The number of hydrogen-bond donors (Lipinski definition) is 0. The first-order valence-corrected chi connectivity index (χ1v) is 10.4. The van der Waals surface area contributed by atoms with Crippen LogP contribution in [0.5, 0.6) is 5.75 Å². The standard InChI is InChI=1S/C20H17BrN2O6S/c1-28-8-7-22-19(24)18(30-20(22)25)11-14-10-15(21)5-6-17(14)29-12-13-3-2-4-16(9-13)23(26)27/h2-6,9-11H,7-8,12H2,1H3/b18-11+. The van der Waals surface area contributed by atoms with Crippen LogP contribution in [0.2, 0.25) is 0 Å². The Morgan fingerprint density at radius 2 is 2.03 bits per heavy atom.